The molecule has 1 aliphatic rings. The zero-order valence-corrected chi connectivity index (χ0v) is 6.72. The highest BCUT2D eigenvalue weighted by molar-refractivity contribution is 4.65. The Kier molecular flexibility index (Phi) is 2.28. The van der Waals surface area contributed by atoms with Gasteiger partial charge in [0.1, 0.15) is 0 Å². The molecule has 0 aromatic carbocycles. The van der Waals surface area contributed by atoms with Gasteiger partial charge in [0, 0.05) is 13.5 Å². The molecule has 60 valence electrons. The van der Waals surface area contributed by atoms with Crippen LogP contribution in [0.2, 0.25) is 0 Å². The molecule has 1 saturated heterocycles. The van der Waals surface area contributed by atoms with Crippen LogP contribution in [-0.2, 0) is 14.2 Å². The van der Waals surface area contributed by atoms with Crippen LogP contribution in [0.15, 0.2) is 0 Å². The maximum atomic E-state index is 5.40. The third-order valence-corrected chi connectivity index (χ3v) is 1.66. The number of methoxy groups -OCH3 is 1. The number of ether oxygens (including phenoxy) is 3. The van der Waals surface area contributed by atoms with E-state index >= 15 is 0 Å². The van der Waals surface area contributed by atoms with E-state index in [4.69, 9.17) is 14.2 Å². The smallest absolute Gasteiger partial charge is 0.282 e. The van der Waals surface area contributed by atoms with Gasteiger partial charge in [-0.15, -0.1) is 0 Å². The summed E-state index contributed by atoms with van der Waals surface area (Å²) >= 11 is 0. The first-order valence-electron chi connectivity index (χ1n) is 3.59. The standard InChI is InChI=1S/C7H14O3/c1-4-7(8-3)9-5-6(2)10-7/h6H,4-5H2,1-3H3. The fourth-order valence-corrected chi connectivity index (χ4v) is 1.06. The van der Waals surface area contributed by atoms with Crippen molar-refractivity contribution >= 4 is 0 Å². The fraction of sp³-hybridized carbons (Fsp3) is 1.00. The monoisotopic (exact) mass is 146 g/mol. The molecule has 0 spiro atoms. The first kappa shape index (κ1) is 7.98. The van der Waals surface area contributed by atoms with Crippen LogP contribution in [0, 0.1) is 0 Å². The summed E-state index contributed by atoms with van der Waals surface area (Å²) in [5.41, 5.74) is 0. The summed E-state index contributed by atoms with van der Waals surface area (Å²) in [6, 6.07) is 0. The van der Waals surface area contributed by atoms with Crippen LogP contribution in [0.5, 0.6) is 0 Å². The Morgan fingerprint density at radius 1 is 1.70 bits per heavy atom. The molecule has 0 N–H and O–H groups in total. The lowest BCUT2D eigenvalue weighted by Crippen LogP contribution is -2.31. The summed E-state index contributed by atoms with van der Waals surface area (Å²) < 4.78 is 15.8. The molecule has 0 radical (unpaired) electrons. The Labute approximate surface area is 61.3 Å². The van der Waals surface area contributed by atoms with E-state index in [1.54, 1.807) is 7.11 Å². The first-order valence-corrected chi connectivity index (χ1v) is 3.59. The van der Waals surface area contributed by atoms with E-state index in [0.717, 1.165) is 6.42 Å². The molecule has 0 aliphatic carbocycles. The molecule has 10 heavy (non-hydrogen) atoms. The number of hydrogen-bond acceptors (Lipinski definition) is 3. The Hall–Kier alpha value is -0.120. The van der Waals surface area contributed by atoms with Crippen LogP contribution < -0.4 is 0 Å². The molecule has 2 atom stereocenters. The second-order valence-corrected chi connectivity index (χ2v) is 2.48. The highest BCUT2D eigenvalue weighted by atomic mass is 16.9. The van der Waals surface area contributed by atoms with Crippen LogP contribution in [0.25, 0.3) is 0 Å². The molecule has 1 fully saturated rings. The van der Waals surface area contributed by atoms with Crippen molar-refractivity contribution in [3.8, 4) is 0 Å². The third-order valence-electron chi connectivity index (χ3n) is 1.66. The average Bonchev–Trinajstić information content (AvgIpc) is 2.33. The van der Waals surface area contributed by atoms with Crippen molar-refractivity contribution in [2.45, 2.75) is 32.3 Å². The van der Waals surface area contributed by atoms with Crippen molar-refractivity contribution in [1.82, 2.24) is 0 Å². The third kappa shape index (κ3) is 1.31. The van der Waals surface area contributed by atoms with E-state index < -0.39 is 5.97 Å². The first-order chi connectivity index (χ1) is 4.72. The molecular formula is C7H14O3. The Morgan fingerprint density at radius 2 is 2.40 bits per heavy atom. The van der Waals surface area contributed by atoms with Crippen LogP contribution in [0.3, 0.4) is 0 Å². The predicted molar refractivity (Wildman–Crippen MR) is 36.5 cm³/mol. The molecule has 3 nitrogen and oxygen atoms in total. The summed E-state index contributed by atoms with van der Waals surface area (Å²) in [6.07, 6.45) is 0.883. The Bertz CT molecular complexity index is 109. The van der Waals surface area contributed by atoms with Crippen molar-refractivity contribution in [2.75, 3.05) is 13.7 Å². The fourth-order valence-electron chi connectivity index (χ4n) is 1.06. The SMILES string of the molecule is CCC1(OC)OCC(C)O1. The normalized spacial score (nSPS) is 40.5. The number of rotatable bonds is 2. The zero-order chi connectivity index (χ0) is 7.61. The van der Waals surface area contributed by atoms with Gasteiger partial charge in [-0.2, -0.15) is 0 Å². The van der Waals surface area contributed by atoms with Gasteiger partial charge < -0.3 is 14.2 Å². The minimum atomic E-state index is -0.751. The van der Waals surface area contributed by atoms with Crippen LogP contribution in [-0.4, -0.2) is 25.8 Å². The zero-order valence-electron chi connectivity index (χ0n) is 6.72. The molecule has 3 heteroatoms. The van der Waals surface area contributed by atoms with Gasteiger partial charge in [0.25, 0.3) is 5.97 Å². The lowest BCUT2D eigenvalue weighted by molar-refractivity contribution is -0.326. The quantitative estimate of drug-likeness (QED) is 0.584. The summed E-state index contributed by atoms with van der Waals surface area (Å²) in [6.45, 7) is 4.57. The molecule has 2 unspecified atom stereocenters. The van der Waals surface area contributed by atoms with Gasteiger partial charge >= 0.3 is 0 Å². The largest absolute Gasteiger partial charge is 0.331 e. The molecule has 0 aromatic rings. The van der Waals surface area contributed by atoms with Crippen molar-refractivity contribution in [1.29, 1.82) is 0 Å². The van der Waals surface area contributed by atoms with Gasteiger partial charge in [-0.1, -0.05) is 6.92 Å². The Morgan fingerprint density at radius 3 is 2.60 bits per heavy atom. The van der Waals surface area contributed by atoms with E-state index in [1.807, 2.05) is 13.8 Å². The topological polar surface area (TPSA) is 27.7 Å². The molecule has 1 rings (SSSR count). The summed E-state index contributed by atoms with van der Waals surface area (Å²) in [4.78, 5) is 0. The molecule has 0 amide bonds. The van der Waals surface area contributed by atoms with Crippen molar-refractivity contribution in [3.05, 3.63) is 0 Å². The van der Waals surface area contributed by atoms with Crippen molar-refractivity contribution in [2.24, 2.45) is 0 Å². The van der Waals surface area contributed by atoms with E-state index in [1.165, 1.54) is 0 Å². The molecule has 0 saturated carbocycles. The summed E-state index contributed by atoms with van der Waals surface area (Å²) in [5, 5.41) is 0. The molecule has 0 aromatic heterocycles. The van der Waals surface area contributed by atoms with E-state index in [9.17, 15) is 0 Å². The molecule has 0 bridgehead atoms. The van der Waals surface area contributed by atoms with E-state index in [0.29, 0.717) is 6.61 Å². The predicted octanol–water partition coefficient (Wildman–Crippen LogP) is 1.13. The van der Waals surface area contributed by atoms with Crippen LogP contribution in [0.1, 0.15) is 20.3 Å². The maximum absolute atomic E-state index is 5.40. The van der Waals surface area contributed by atoms with Gasteiger partial charge in [0.05, 0.1) is 12.7 Å². The lowest BCUT2D eigenvalue weighted by atomic mass is 10.4. The lowest BCUT2D eigenvalue weighted by Gasteiger charge is -2.23. The molecule has 1 aliphatic heterocycles. The second kappa shape index (κ2) is 2.86. The minimum Gasteiger partial charge on any atom is -0.331 e. The summed E-state index contributed by atoms with van der Waals surface area (Å²) in [7, 11) is 1.60. The van der Waals surface area contributed by atoms with Crippen LogP contribution >= 0.6 is 0 Å². The molecule has 1 heterocycles. The maximum Gasteiger partial charge on any atom is 0.282 e. The highest BCUT2D eigenvalue weighted by Crippen LogP contribution is 2.26. The van der Waals surface area contributed by atoms with Gasteiger partial charge in [-0.3, -0.25) is 0 Å². The van der Waals surface area contributed by atoms with Crippen molar-refractivity contribution < 1.29 is 14.2 Å². The minimum absolute atomic E-state index is 0.153. The van der Waals surface area contributed by atoms with Gasteiger partial charge in [0.2, 0.25) is 0 Å². The second-order valence-electron chi connectivity index (χ2n) is 2.48. The van der Waals surface area contributed by atoms with Crippen LogP contribution in [0.4, 0.5) is 0 Å². The highest BCUT2D eigenvalue weighted by Gasteiger charge is 2.38. The van der Waals surface area contributed by atoms with Gasteiger partial charge in [0.15, 0.2) is 0 Å². The molecular weight excluding hydrogens is 132 g/mol. The average molecular weight is 146 g/mol. The number of hydrogen-bond donors (Lipinski definition) is 0. The van der Waals surface area contributed by atoms with E-state index in [2.05, 4.69) is 0 Å². The van der Waals surface area contributed by atoms with Crippen molar-refractivity contribution in [3.63, 3.8) is 0 Å². The van der Waals surface area contributed by atoms with Gasteiger partial charge in [-0.25, -0.2) is 0 Å². The van der Waals surface area contributed by atoms with Gasteiger partial charge in [-0.05, 0) is 6.92 Å². The van der Waals surface area contributed by atoms with E-state index in [-0.39, 0.29) is 6.10 Å². The Balaban J connectivity index is 2.51. The summed E-state index contributed by atoms with van der Waals surface area (Å²) in [5.74, 6) is -0.751.